The monoisotopic (exact) mass is 301 g/mol. The van der Waals surface area contributed by atoms with Gasteiger partial charge in [-0.3, -0.25) is 19.3 Å². The Balaban J connectivity index is 1.71. The summed E-state index contributed by atoms with van der Waals surface area (Å²) in [6, 6.07) is 8.62. The third kappa shape index (κ3) is 2.62. The standard InChI is InChI=1S/C16H19N3O3/c1-12(20)17-7-9-18(10-8-17)14-11-15(21)19(16(14)22)13-5-3-2-4-6-13/h2-6,14H,7-11H2,1H3/t14-/m0/s1. The summed E-state index contributed by atoms with van der Waals surface area (Å²) in [4.78, 5) is 41.3. The van der Waals surface area contributed by atoms with E-state index in [1.54, 1.807) is 24.0 Å². The van der Waals surface area contributed by atoms with Gasteiger partial charge < -0.3 is 4.90 Å². The lowest BCUT2D eigenvalue weighted by Crippen LogP contribution is -2.53. The summed E-state index contributed by atoms with van der Waals surface area (Å²) in [7, 11) is 0. The maximum atomic E-state index is 12.6. The van der Waals surface area contributed by atoms with Crippen LogP contribution in [0.25, 0.3) is 0 Å². The fourth-order valence-electron chi connectivity index (χ4n) is 3.10. The van der Waals surface area contributed by atoms with Gasteiger partial charge in [0.1, 0.15) is 0 Å². The molecule has 1 aromatic rings. The highest BCUT2D eigenvalue weighted by atomic mass is 16.2. The number of anilines is 1. The second kappa shape index (κ2) is 5.88. The first-order valence-corrected chi connectivity index (χ1v) is 7.49. The van der Waals surface area contributed by atoms with E-state index in [4.69, 9.17) is 0 Å². The number of carbonyl (C=O) groups is 3. The number of nitrogens with zero attached hydrogens (tertiary/aromatic N) is 3. The zero-order valence-corrected chi connectivity index (χ0v) is 12.6. The number of imide groups is 1. The van der Waals surface area contributed by atoms with Gasteiger partial charge in [0.2, 0.25) is 11.8 Å². The van der Waals surface area contributed by atoms with Crippen LogP contribution in [0.5, 0.6) is 0 Å². The van der Waals surface area contributed by atoms with Crippen molar-refractivity contribution in [1.82, 2.24) is 9.80 Å². The van der Waals surface area contributed by atoms with Crippen LogP contribution in [-0.4, -0.2) is 59.7 Å². The van der Waals surface area contributed by atoms with Crippen LogP contribution in [0.3, 0.4) is 0 Å². The van der Waals surface area contributed by atoms with Crippen molar-refractivity contribution in [1.29, 1.82) is 0 Å². The summed E-state index contributed by atoms with van der Waals surface area (Å²) < 4.78 is 0. The van der Waals surface area contributed by atoms with Crippen molar-refractivity contribution in [2.45, 2.75) is 19.4 Å². The van der Waals surface area contributed by atoms with E-state index in [2.05, 4.69) is 0 Å². The second-order valence-electron chi connectivity index (χ2n) is 5.66. The highest BCUT2D eigenvalue weighted by Gasteiger charge is 2.43. The molecule has 3 rings (SSSR count). The van der Waals surface area contributed by atoms with Crippen LogP contribution in [0.15, 0.2) is 30.3 Å². The lowest BCUT2D eigenvalue weighted by atomic mass is 10.1. The molecule has 2 saturated heterocycles. The predicted octanol–water partition coefficient (Wildman–Crippen LogP) is 0.483. The maximum absolute atomic E-state index is 12.6. The van der Waals surface area contributed by atoms with Gasteiger partial charge in [-0.25, -0.2) is 4.90 Å². The highest BCUT2D eigenvalue weighted by molar-refractivity contribution is 6.22. The molecule has 0 aromatic heterocycles. The molecule has 3 amide bonds. The van der Waals surface area contributed by atoms with Crippen LogP contribution in [0, 0.1) is 0 Å². The maximum Gasteiger partial charge on any atom is 0.251 e. The molecular weight excluding hydrogens is 282 g/mol. The molecule has 0 bridgehead atoms. The smallest absolute Gasteiger partial charge is 0.251 e. The van der Waals surface area contributed by atoms with E-state index in [0.717, 1.165) is 0 Å². The molecule has 2 heterocycles. The SMILES string of the molecule is CC(=O)N1CCN([C@H]2CC(=O)N(c3ccccc3)C2=O)CC1. The summed E-state index contributed by atoms with van der Waals surface area (Å²) in [5.41, 5.74) is 0.627. The fourth-order valence-corrected chi connectivity index (χ4v) is 3.10. The van der Waals surface area contributed by atoms with Crippen molar-refractivity contribution in [2.75, 3.05) is 31.1 Å². The Labute approximate surface area is 129 Å². The number of para-hydroxylation sites is 1. The van der Waals surface area contributed by atoms with Gasteiger partial charge in [0.05, 0.1) is 18.2 Å². The summed E-state index contributed by atoms with van der Waals surface area (Å²) >= 11 is 0. The zero-order valence-electron chi connectivity index (χ0n) is 12.6. The van der Waals surface area contributed by atoms with Crippen molar-refractivity contribution in [3.8, 4) is 0 Å². The molecule has 0 radical (unpaired) electrons. The zero-order chi connectivity index (χ0) is 15.7. The summed E-state index contributed by atoms with van der Waals surface area (Å²) in [5, 5.41) is 0. The third-order valence-corrected chi connectivity index (χ3v) is 4.34. The van der Waals surface area contributed by atoms with Gasteiger partial charge in [0, 0.05) is 33.1 Å². The minimum Gasteiger partial charge on any atom is -0.340 e. The van der Waals surface area contributed by atoms with E-state index in [0.29, 0.717) is 31.9 Å². The average Bonchev–Trinajstić information content (AvgIpc) is 2.83. The summed E-state index contributed by atoms with van der Waals surface area (Å²) in [6.45, 7) is 4.03. The normalized spacial score (nSPS) is 23.2. The van der Waals surface area contributed by atoms with Gasteiger partial charge in [-0.2, -0.15) is 0 Å². The van der Waals surface area contributed by atoms with Crippen molar-refractivity contribution in [2.24, 2.45) is 0 Å². The summed E-state index contributed by atoms with van der Waals surface area (Å²) in [6.07, 6.45) is 0.216. The number of amides is 3. The Bertz CT molecular complexity index is 594. The van der Waals surface area contributed by atoms with E-state index in [9.17, 15) is 14.4 Å². The predicted molar refractivity (Wildman–Crippen MR) is 81.2 cm³/mol. The Hall–Kier alpha value is -2.21. The Kier molecular flexibility index (Phi) is 3.94. The Morgan fingerprint density at radius 1 is 1.05 bits per heavy atom. The second-order valence-corrected chi connectivity index (χ2v) is 5.66. The van der Waals surface area contributed by atoms with E-state index in [1.165, 1.54) is 4.90 Å². The van der Waals surface area contributed by atoms with E-state index < -0.39 is 6.04 Å². The highest BCUT2D eigenvalue weighted by Crippen LogP contribution is 2.26. The molecular formula is C16H19N3O3. The molecule has 2 fully saturated rings. The first kappa shape index (κ1) is 14.7. The number of hydrogen-bond acceptors (Lipinski definition) is 4. The molecule has 0 unspecified atom stereocenters. The number of piperazine rings is 1. The molecule has 0 aliphatic carbocycles. The van der Waals surface area contributed by atoms with Crippen LogP contribution in [-0.2, 0) is 14.4 Å². The lowest BCUT2D eigenvalue weighted by Gasteiger charge is -2.36. The first-order valence-electron chi connectivity index (χ1n) is 7.49. The number of rotatable bonds is 2. The van der Waals surface area contributed by atoms with Gasteiger partial charge in [-0.15, -0.1) is 0 Å². The molecule has 116 valence electrons. The van der Waals surface area contributed by atoms with Crippen molar-refractivity contribution >= 4 is 23.4 Å². The van der Waals surface area contributed by atoms with E-state index in [1.807, 2.05) is 23.1 Å². The molecule has 2 aliphatic rings. The topological polar surface area (TPSA) is 60.9 Å². The van der Waals surface area contributed by atoms with E-state index >= 15 is 0 Å². The van der Waals surface area contributed by atoms with Crippen LogP contribution >= 0.6 is 0 Å². The molecule has 1 atom stereocenters. The van der Waals surface area contributed by atoms with Gasteiger partial charge >= 0.3 is 0 Å². The van der Waals surface area contributed by atoms with Gasteiger partial charge in [-0.05, 0) is 12.1 Å². The Morgan fingerprint density at radius 2 is 1.68 bits per heavy atom. The molecule has 0 spiro atoms. The minimum atomic E-state index is -0.401. The molecule has 0 saturated carbocycles. The number of hydrogen-bond donors (Lipinski definition) is 0. The van der Waals surface area contributed by atoms with Crippen molar-refractivity contribution in [3.05, 3.63) is 30.3 Å². The molecule has 2 aliphatic heterocycles. The van der Waals surface area contributed by atoms with E-state index in [-0.39, 0.29) is 24.1 Å². The molecule has 0 N–H and O–H groups in total. The van der Waals surface area contributed by atoms with Crippen LogP contribution in [0.1, 0.15) is 13.3 Å². The van der Waals surface area contributed by atoms with Crippen molar-refractivity contribution in [3.63, 3.8) is 0 Å². The minimum absolute atomic E-state index is 0.0550. The first-order chi connectivity index (χ1) is 10.6. The van der Waals surface area contributed by atoms with Crippen LogP contribution in [0.4, 0.5) is 5.69 Å². The molecule has 6 heteroatoms. The van der Waals surface area contributed by atoms with Gasteiger partial charge in [-0.1, -0.05) is 18.2 Å². The number of benzene rings is 1. The molecule has 6 nitrogen and oxygen atoms in total. The lowest BCUT2D eigenvalue weighted by molar-refractivity contribution is -0.131. The van der Waals surface area contributed by atoms with Crippen molar-refractivity contribution < 1.29 is 14.4 Å². The number of carbonyl (C=O) groups excluding carboxylic acids is 3. The largest absolute Gasteiger partial charge is 0.340 e. The Morgan fingerprint density at radius 3 is 2.27 bits per heavy atom. The molecule has 22 heavy (non-hydrogen) atoms. The van der Waals surface area contributed by atoms with Gasteiger partial charge in [0.25, 0.3) is 5.91 Å². The summed E-state index contributed by atoms with van der Waals surface area (Å²) in [5.74, 6) is -0.262. The van der Waals surface area contributed by atoms with Crippen LogP contribution in [0.2, 0.25) is 0 Å². The van der Waals surface area contributed by atoms with Gasteiger partial charge in [0.15, 0.2) is 0 Å². The quantitative estimate of drug-likeness (QED) is 0.746. The fraction of sp³-hybridized carbons (Fsp3) is 0.438. The average molecular weight is 301 g/mol. The molecule has 1 aromatic carbocycles. The van der Waals surface area contributed by atoms with Crippen LogP contribution < -0.4 is 4.90 Å². The third-order valence-electron chi connectivity index (χ3n) is 4.34.